The molecule has 10 nitrogen and oxygen atoms in total. The third-order valence-corrected chi connectivity index (χ3v) is 10.7. The van der Waals surface area contributed by atoms with Gasteiger partial charge in [0.25, 0.3) is 10.0 Å². The van der Waals surface area contributed by atoms with Crippen LogP contribution in [0, 0.1) is 24.6 Å². The fourth-order valence-electron chi connectivity index (χ4n) is 6.27. The van der Waals surface area contributed by atoms with Crippen LogP contribution in [0.2, 0.25) is 0 Å². The highest BCUT2D eigenvalue weighted by Gasteiger charge is 2.46. The van der Waals surface area contributed by atoms with E-state index in [2.05, 4.69) is 10.3 Å². The van der Waals surface area contributed by atoms with Crippen molar-refractivity contribution in [2.45, 2.75) is 49.8 Å². The second-order valence-electron chi connectivity index (χ2n) is 11.7. The van der Waals surface area contributed by atoms with E-state index in [1.165, 1.54) is 31.3 Å². The molecule has 0 unspecified atom stereocenters. The van der Waals surface area contributed by atoms with Crippen LogP contribution in [0.4, 0.5) is 28.9 Å². The first-order valence-corrected chi connectivity index (χ1v) is 16.5. The van der Waals surface area contributed by atoms with Crippen LogP contribution < -0.4 is 9.62 Å². The van der Waals surface area contributed by atoms with Gasteiger partial charge in [-0.3, -0.25) is 13.9 Å². The Bertz CT molecular complexity index is 1960. The van der Waals surface area contributed by atoms with Crippen LogP contribution in [-0.2, 0) is 37.6 Å². The molecule has 5 rings (SSSR count). The number of alkyl halides is 3. The van der Waals surface area contributed by atoms with E-state index in [9.17, 15) is 40.7 Å². The van der Waals surface area contributed by atoms with Crippen molar-refractivity contribution in [3.05, 3.63) is 83.4 Å². The Morgan fingerprint density at radius 3 is 2.38 bits per heavy atom. The molecule has 3 aromatic carbocycles. The number of hydrogen-bond acceptors (Lipinski definition) is 6. The molecule has 1 aliphatic rings. The maximum Gasteiger partial charge on any atom is 0.416 e. The number of nitrogens with zero attached hydrogens (tertiary/aromatic N) is 3. The molecule has 0 spiro atoms. The lowest BCUT2D eigenvalue weighted by atomic mass is 9.67. The number of carboxylic acids is 1. The van der Waals surface area contributed by atoms with Gasteiger partial charge in [-0.25, -0.2) is 17.8 Å². The van der Waals surface area contributed by atoms with Gasteiger partial charge in [0.1, 0.15) is 11.6 Å². The molecule has 1 aliphatic carbocycles. The Hall–Kier alpha value is -4.50. The minimum Gasteiger partial charge on any atom is -0.481 e. The maximum absolute atomic E-state index is 14.6. The van der Waals surface area contributed by atoms with Gasteiger partial charge in [-0.05, 0) is 80.8 Å². The van der Waals surface area contributed by atoms with E-state index in [1.807, 2.05) is 18.5 Å². The van der Waals surface area contributed by atoms with Crippen molar-refractivity contribution in [2.75, 3.05) is 23.3 Å². The lowest BCUT2D eigenvalue weighted by Crippen LogP contribution is -2.45. The molecule has 4 aromatic rings. The molecule has 0 bridgehead atoms. The third-order valence-electron chi connectivity index (χ3n) is 8.90. The maximum atomic E-state index is 14.6. The number of halogens is 4. The monoisotopic (exact) mass is 690 g/mol. The summed E-state index contributed by atoms with van der Waals surface area (Å²) >= 11 is 0. The van der Waals surface area contributed by atoms with Crippen molar-refractivity contribution in [2.24, 2.45) is 18.9 Å². The number of carbonyl (C=O) groups excluding carboxylic acids is 1. The molecule has 256 valence electrons. The van der Waals surface area contributed by atoms with Crippen molar-refractivity contribution in [3.63, 3.8) is 0 Å². The van der Waals surface area contributed by atoms with E-state index in [1.54, 1.807) is 25.1 Å². The van der Waals surface area contributed by atoms with Crippen molar-refractivity contribution in [1.82, 2.24) is 9.55 Å². The molecule has 4 atom stereocenters. The van der Waals surface area contributed by atoms with E-state index in [0.717, 1.165) is 21.7 Å². The Morgan fingerprint density at radius 1 is 1.08 bits per heavy atom. The number of aliphatic carboxylic acids is 1. The summed E-state index contributed by atoms with van der Waals surface area (Å²) < 4.78 is 89.4. The predicted molar refractivity (Wildman–Crippen MR) is 170 cm³/mol. The number of nitrogens with one attached hydrogen (secondary N) is 1. The van der Waals surface area contributed by atoms with Gasteiger partial charge in [-0.1, -0.05) is 12.1 Å². The van der Waals surface area contributed by atoms with Crippen molar-refractivity contribution < 1.29 is 45.4 Å². The largest absolute Gasteiger partial charge is 0.481 e. The van der Waals surface area contributed by atoms with Gasteiger partial charge in [0.2, 0.25) is 5.91 Å². The molecule has 1 heterocycles. The van der Waals surface area contributed by atoms with Crippen molar-refractivity contribution in [3.8, 4) is 0 Å². The molecule has 48 heavy (non-hydrogen) atoms. The van der Waals surface area contributed by atoms with Gasteiger partial charge in [-0.2, -0.15) is 13.2 Å². The Labute approximate surface area is 274 Å². The van der Waals surface area contributed by atoms with Gasteiger partial charge in [0, 0.05) is 26.6 Å². The highest BCUT2D eigenvalue weighted by molar-refractivity contribution is 7.92. The molecule has 0 radical (unpaired) electrons. The molecule has 1 saturated carbocycles. The average molecular weight is 691 g/mol. The molecule has 1 aromatic heterocycles. The number of carboxylic acid groups (broad SMARTS) is 1. The Kier molecular flexibility index (Phi) is 9.57. The molecule has 0 saturated heterocycles. The van der Waals surface area contributed by atoms with Crippen molar-refractivity contribution >= 4 is 44.3 Å². The number of benzene rings is 3. The summed E-state index contributed by atoms with van der Waals surface area (Å²) in [5, 5.41) is 12.6. The first-order chi connectivity index (χ1) is 22.5. The standard InChI is InChI=1S/C33H34F4N4O6S/c1-5-47-22-15-24(30(32(43)44)25(16-22)31(42)39-27-12-8-20(14-26(27)34)33(35,36)37)19-6-9-21(10-7-19)41(4)48(45,46)23-11-13-29-28(17-23)38-18(2)40(29)3/h6-14,17,22,24-25,30H,5,15-16H2,1-4H3,(H,39,42)(H,43,44)/t22-,24-,25-,30-/m1/s1. The molecule has 0 aliphatic heterocycles. The van der Waals surface area contributed by atoms with E-state index in [4.69, 9.17) is 4.74 Å². The Morgan fingerprint density at radius 2 is 1.77 bits per heavy atom. The average Bonchev–Trinajstić information content (AvgIpc) is 3.32. The van der Waals surface area contributed by atoms with E-state index >= 15 is 0 Å². The molecule has 15 heteroatoms. The molecule has 1 fully saturated rings. The van der Waals surface area contributed by atoms with Crippen molar-refractivity contribution in [1.29, 1.82) is 0 Å². The summed E-state index contributed by atoms with van der Waals surface area (Å²) in [4.78, 5) is 30.5. The normalized spacial score (nSPS) is 20.1. The first-order valence-electron chi connectivity index (χ1n) is 15.1. The zero-order chi connectivity index (χ0) is 35.1. The quantitative estimate of drug-likeness (QED) is 0.203. The van der Waals surface area contributed by atoms with Crippen LogP contribution in [0.5, 0.6) is 0 Å². The summed E-state index contributed by atoms with van der Waals surface area (Å²) in [6.07, 6.45) is -5.15. The number of aromatic nitrogens is 2. The van der Waals surface area contributed by atoms with Crippen LogP contribution in [0.1, 0.15) is 42.6 Å². The second kappa shape index (κ2) is 13.2. The SMILES string of the molecule is CCO[C@@H]1C[C@H](c2ccc(N(C)S(=O)(=O)c3ccc4c(c3)nc(C)n4C)cc2)[C@@H](C(=O)O)[C@H](C(=O)Nc2ccc(C(F)(F)F)cc2F)C1. The van der Waals surface area contributed by atoms with Gasteiger partial charge in [0.05, 0.1) is 50.8 Å². The van der Waals surface area contributed by atoms with Crippen LogP contribution in [0.15, 0.2) is 65.6 Å². The number of fused-ring (bicyclic) bond motifs is 1. The van der Waals surface area contributed by atoms with E-state index in [-0.39, 0.29) is 30.4 Å². The zero-order valence-electron chi connectivity index (χ0n) is 26.5. The fourth-order valence-corrected chi connectivity index (χ4v) is 7.49. The highest BCUT2D eigenvalue weighted by atomic mass is 32.2. The first kappa shape index (κ1) is 34.8. The smallest absolute Gasteiger partial charge is 0.416 e. The summed E-state index contributed by atoms with van der Waals surface area (Å²) in [7, 11) is -0.780. The summed E-state index contributed by atoms with van der Waals surface area (Å²) in [6, 6.07) is 12.6. The number of ether oxygens (including phenoxy) is 1. The predicted octanol–water partition coefficient (Wildman–Crippen LogP) is 6.10. The van der Waals surface area contributed by atoms with Crippen LogP contribution >= 0.6 is 0 Å². The Balaban J connectivity index is 1.41. The lowest BCUT2D eigenvalue weighted by molar-refractivity contribution is -0.151. The minimum absolute atomic E-state index is 0.0192. The lowest BCUT2D eigenvalue weighted by Gasteiger charge is -2.39. The van der Waals surface area contributed by atoms with Crippen LogP contribution in [0.3, 0.4) is 0 Å². The fraction of sp³-hybridized carbons (Fsp3) is 0.364. The number of anilines is 2. The number of rotatable bonds is 9. The number of hydrogen-bond donors (Lipinski definition) is 2. The summed E-state index contributed by atoms with van der Waals surface area (Å²) in [5.74, 6) is -6.07. The molecule has 2 N–H and O–H groups in total. The van der Waals surface area contributed by atoms with Gasteiger partial charge >= 0.3 is 12.1 Å². The topological polar surface area (TPSA) is 131 Å². The number of imidazole rings is 1. The number of amides is 1. The van der Waals surface area contributed by atoms with E-state index < -0.39 is 69.0 Å². The molecular weight excluding hydrogens is 656 g/mol. The molecular formula is C33H34F4N4O6S. The summed E-state index contributed by atoms with van der Waals surface area (Å²) in [5.41, 5.74) is 0.360. The highest BCUT2D eigenvalue weighted by Crippen LogP contribution is 2.44. The second-order valence-corrected chi connectivity index (χ2v) is 13.7. The van der Waals surface area contributed by atoms with E-state index in [0.29, 0.717) is 22.8 Å². The third kappa shape index (κ3) is 6.74. The van der Waals surface area contributed by atoms with Gasteiger partial charge in [0.15, 0.2) is 0 Å². The van der Waals surface area contributed by atoms with Crippen LogP contribution in [-0.4, -0.2) is 54.7 Å². The van der Waals surface area contributed by atoms with Gasteiger partial charge < -0.3 is 19.7 Å². The summed E-state index contributed by atoms with van der Waals surface area (Å²) in [6.45, 7) is 3.82. The number of aryl methyl sites for hydroxylation is 2. The minimum atomic E-state index is -4.79. The number of sulfonamides is 1. The van der Waals surface area contributed by atoms with Gasteiger partial charge in [-0.15, -0.1) is 0 Å². The molecule has 1 amide bonds. The zero-order valence-corrected chi connectivity index (χ0v) is 27.3. The van der Waals surface area contributed by atoms with Crippen LogP contribution in [0.25, 0.3) is 11.0 Å². The number of carbonyl (C=O) groups is 2.